The van der Waals surface area contributed by atoms with Crippen molar-refractivity contribution in [3.05, 3.63) is 89.0 Å². The molecule has 0 spiro atoms. The number of sulfonamides is 1. The summed E-state index contributed by atoms with van der Waals surface area (Å²) < 4.78 is 27.7. The number of likely N-dealkylation sites (N-methyl/N-ethyl adjacent to an activating group) is 1. The number of fused-ring (bicyclic) bond motifs is 1. The molecule has 0 heterocycles. The first-order valence-corrected chi connectivity index (χ1v) is 14.7. The Hall–Kier alpha value is -3.04. The third kappa shape index (κ3) is 6.94. The van der Waals surface area contributed by atoms with E-state index in [2.05, 4.69) is 43.4 Å². The second-order valence-corrected chi connectivity index (χ2v) is 13.4. The van der Waals surface area contributed by atoms with Gasteiger partial charge in [-0.15, -0.1) is 0 Å². The number of aromatic carboxylic acids is 1. The number of carbonyl (C=O) groups is 1. The number of carboxylic acids is 1. The number of aliphatic hydroxyl groups is 1. The second kappa shape index (κ2) is 11.6. The van der Waals surface area contributed by atoms with E-state index in [-0.39, 0.29) is 29.1 Å². The summed E-state index contributed by atoms with van der Waals surface area (Å²) in [5.74, 6) is -0.473. The number of benzene rings is 3. The predicted octanol–water partition coefficient (Wildman–Crippen LogP) is 4.51. The molecule has 0 radical (unpaired) electrons. The summed E-state index contributed by atoms with van der Waals surface area (Å²) in [6, 6.07) is 19.9. The Bertz CT molecular complexity index is 1430. The van der Waals surface area contributed by atoms with Crippen LogP contribution in [0.25, 0.3) is 11.1 Å². The van der Waals surface area contributed by atoms with Crippen LogP contribution < -0.4 is 5.32 Å². The molecule has 1 aliphatic carbocycles. The molecular weight excluding hydrogens is 512 g/mol. The molecule has 0 saturated carbocycles. The van der Waals surface area contributed by atoms with E-state index in [1.807, 2.05) is 0 Å². The van der Waals surface area contributed by atoms with Gasteiger partial charge in [-0.3, -0.25) is 0 Å². The summed E-state index contributed by atoms with van der Waals surface area (Å²) in [6.45, 7) is 6.29. The Morgan fingerprint density at radius 2 is 1.72 bits per heavy atom. The number of rotatable bonds is 11. The minimum Gasteiger partial charge on any atom is -0.478 e. The summed E-state index contributed by atoms with van der Waals surface area (Å²) in [4.78, 5) is 11.5. The van der Waals surface area contributed by atoms with Crippen molar-refractivity contribution in [3.8, 4) is 11.1 Å². The van der Waals surface area contributed by atoms with Crippen molar-refractivity contribution in [1.82, 2.24) is 9.62 Å². The Kier molecular flexibility index (Phi) is 8.61. The topological polar surface area (TPSA) is 107 Å². The Balaban J connectivity index is 1.35. The number of nitrogens with zero attached hydrogens (tertiary/aromatic N) is 1. The maximum Gasteiger partial charge on any atom is 0.335 e. The summed E-state index contributed by atoms with van der Waals surface area (Å²) in [7, 11) is -2.36. The van der Waals surface area contributed by atoms with Gasteiger partial charge in [-0.2, -0.15) is 4.31 Å². The SMILES string of the molecule is Cc1cc(S(=O)(=O)N(C)C[C@@H](O)CNC(C)(C)CC2Cc3ccccc3C2)ccc1-c1cccc(C(=O)O)c1. The van der Waals surface area contributed by atoms with E-state index in [4.69, 9.17) is 0 Å². The highest BCUT2D eigenvalue weighted by molar-refractivity contribution is 7.89. The van der Waals surface area contributed by atoms with Gasteiger partial charge < -0.3 is 15.5 Å². The lowest BCUT2D eigenvalue weighted by molar-refractivity contribution is 0.0697. The average Bonchev–Trinajstić information content (AvgIpc) is 3.29. The molecule has 39 heavy (non-hydrogen) atoms. The Morgan fingerprint density at radius 1 is 1.05 bits per heavy atom. The summed E-state index contributed by atoms with van der Waals surface area (Å²) in [5.41, 5.74) is 4.99. The second-order valence-electron chi connectivity index (χ2n) is 11.3. The fraction of sp³-hybridized carbons (Fsp3) is 0.387. The molecular formula is C31H38N2O5S. The van der Waals surface area contributed by atoms with Gasteiger partial charge in [-0.05, 0) is 98.0 Å². The zero-order chi connectivity index (χ0) is 28.4. The first-order valence-electron chi connectivity index (χ1n) is 13.3. The molecule has 4 rings (SSSR count). The van der Waals surface area contributed by atoms with Crippen LogP contribution in [0, 0.1) is 12.8 Å². The summed E-state index contributed by atoms with van der Waals surface area (Å²) in [6.07, 6.45) is 2.22. The van der Waals surface area contributed by atoms with Crippen molar-refractivity contribution in [2.45, 2.75) is 56.6 Å². The third-order valence-corrected chi connectivity index (χ3v) is 9.36. The first-order chi connectivity index (χ1) is 18.4. The molecule has 8 heteroatoms. The van der Waals surface area contributed by atoms with Gasteiger partial charge in [0.2, 0.25) is 10.0 Å². The van der Waals surface area contributed by atoms with E-state index in [9.17, 15) is 23.4 Å². The van der Waals surface area contributed by atoms with Crippen molar-refractivity contribution in [2.24, 2.45) is 5.92 Å². The van der Waals surface area contributed by atoms with Gasteiger partial charge in [0.25, 0.3) is 0 Å². The van der Waals surface area contributed by atoms with Crippen LogP contribution in [0.2, 0.25) is 0 Å². The normalized spacial score (nSPS) is 14.9. The minimum absolute atomic E-state index is 0.0399. The molecule has 0 fully saturated rings. The summed E-state index contributed by atoms with van der Waals surface area (Å²) >= 11 is 0. The molecule has 7 nitrogen and oxygen atoms in total. The van der Waals surface area contributed by atoms with Gasteiger partial charge >= 0.3 is 5.97 Å². The van der Waals surface area contributed by atoms with E-state index >= 15 is 0 Å². The molecule has 1 atom stereocenters. The van der Waals surface area contributed by atoms with Crippen LogP contribution >= 0.6 is 0 Å². The lowest BCUT2D eigenvalue weighted by atomic mass is 9.88. The molecule has 0 aromatic heterocycles. The van der Waals surface area contributed by atoms with E-state index < -0.39 is 22.1 Å². The van der Waals surface area contributed by atoms with Crippen LogP contribution in [0.15, 0.2) is 71.6 Å². The lowest BCUT2D eigenvalue weighted by Crippen LogP contribution is -2.47. The maximum absolute atomic E-state index is 13.3. The monoisotopic (exact) mass is 550 g/mol. The quantitative estimate of drug-likeness (QED) is 0.324. The predicted molar refractivity (Wildman–Crippen MR) is 153 cm³/mol. The highest BCUT2D eigenvalue weighted by Gasteiger charge is 2.29. The number of nitrogens with one attached hydrogen (secondary N) is 1. The fourth-order valence-electron chi connectivity index (χ4n) is 5.56. The molecule has 3 N–H and O–H groups in total. The van der Waals surface area contributed by atoms with Gasteiger partial charge in [0.15, 0.2) is 0 Å². The van der Waals surface area contributed by atoms with Crippen LogP contribution in [0.4, 0.5) is 0 Å². The van der Waals surface area contributed by atoms with Crippen LogP contribution in [0.1, 0.15) is 47.3 Å². The Morgan fingerprint density at radius 3 is 2.33 bits per heavy atom. The van der Waals surface area contributed by atoms with Gasteiger partial charge in [-0.25, -0.2) is 13.2 Å². The minimum atomic E-state index is -3.83. The van der Waals surface area contributed by atoms with Crippen molar-refractivity contribution in [3.63, 3.8) is 0 Å². The number of carboxylic acid groups (broad SMARTS) is 1. The van der Waals surface area contributed by atoms with Gasteiger partial charge in [0.05, 0.1) is 16.6 Å². The highest BCUT2D eigenvalue weighted by atomic mass is 32.2. The van der Waals surface area contributed by atoms with Gasteiger partial charge in [0.1, 0.15) is 0 Å². The van der Waals surface area contributed by atoms with Crippen molar-refractivity contribution in [1.29, 1.82) is 0 Å². The molecule has 0 amide bonds. The van der Waals surface area contributed by atoms with Crippen LogP contribution in [0.3, 0.4) is 0 Å². The smallest absolute Gasteiger partial charge is 0.335 e. The van der Waals surface area contributed by atoms with Gasteiger partial charge in [0, 0.05) is 25.7 Å². The number of aryl methyl sites for hydroxylation is 1. The zero-order valence-electron chi connectivity index (χ0n) is 23.0. The number of hydrogen-bond donors (Lipinski definition) is 3. The third-order valence-electron chi connectivity index (χ3n) is 7.55. The van der Waals surface area contributed by atoms with Crippen molar-refractivity contribution >= 4 is 16.0 Å². The number of β-amino-alcohol motifs (C(OH)–C–C–N with tert-alkyl or cyclic N) is 1. The van der Waals surface area contributed by atoms with Crippen LogP contribution in [0.5, 0.6) is 0 Å². The zero-order valence-corrected chi connectivity index (χ0v) is 23.8. The largest absolute Gasteiger partial charge is 0.478 e. The number of hydrogen-bond acceptors (Lipinski definition) is 5. The number of aliphatic hydroxyl groups excluding tert-OH is 1. The molecule has 0 aliphatic heterocycles. The van der Waals surface area contributed by atoms with E-state index in [1.165, 1.54) is 34.6 Å². The molecule has 0 unspecified atom stereocenters. The summed E-state index contributed by atoms with van der Waals surface area (Å²) in [5, 5.41) is 23.4. The van der Waals surface area contributed by atoms with Crippen molar-refractivity contribution in [2.75, 3.05) is 20.1 Å². The highest BCUT2D eigenvalue weighted by Crippen LogP contribution is 2.32. The molecule has 3 aromatic carbocycles. The average molecular weight is 551 g/mol. The maximum atomic E-state index is 13.3. The van der Waals surface area contributed by atoms with E-state index in [0.717, 1.165) is 24.8 Å². The van der Waals surface area contributed by atoms with Gasteiger partial charge in [-0.1, -0.05) is 42.5 Å². The fourth-order valence-corrected chi connectivity index (χ4v) is 6.86. The lowest BCUT2D eigenvalue weighted by Gasteiger charge is -2.31. The molecule has 3 aromatic rings. The standard InChI is InChI=1S/C31H38N2O5S/c1-21-14-28(12-13-29(21)25-10-7-11-26(17-25)30(35)36)39(37,38)33(4)20-27(34)19-32-31(2,3)18-22-15-23-8-5-6-9-24(23)16-22/h5-14,17,22,27,32,34H,15-16,18-20H2,1-4H3,(H,35,36)/t27-/m0/s1. The van der Waals surface area contributed by atoms with Crippen LogP contribution in [-0.2, 0) is 22.9 Å². The first kappa shape index (κ1) is 29.0. The molecule has 208 valence electrons. The molecule has 0 saturated heterocycles. The van der Waals surface area contributed by atoms with Crippen LogP contribution in [-0.4, -0.2) is 60.7 Å². The molecule has 0 bridgehead atoms. The van der Waals surface area contributed by atoms with Crippen molar-refractivity contribution < 1.29 is 23.4 Å². The van der Waals surface area contributed by atoms with E-state index in [1.54, 1.807) is 37.3 Å². The Labute approximate surface area is 231 Å². The molecule has 1 aliphatic rings. The van der Waals surface area contributed by atoms with E-state index in [0.29, 0.717) is 17.0 Å².